The minimum atomic E-state index is -0.0400. The number of nitrogens with zero attached hydrogens (tertiary/aromatic N) is 2. The van der Waals surface area contributed by atoms with Crippen molar-refractivity contribution in [2.45, 2.75) is 13.2 Å². The summed E-state index contributed by atoms with van der Waals surface area (Å²) in [5.74, 6) is 0. The predicted octanol–water partition coefficient (Wildman–Crippen LogP) is 1.94. The van der Waals surface area contributed by atoms with Gasteiger partial charge in [0.05, 0.1) is 30.4 Å². The van der Waals surface area contributed by atoms with Crippen LogP contribution >= 0.6 is 0 Å². The third-order valence-corrected chi connectivity index (χ3v) is 3.29. The molecule has 0 radical (unpaired) electrons. The van der Waals surface area contributed by atoms with Crippen molar-refractivity contribution in [3.05, 3.63) is 76.3 Å². The number of hydrogen-bond acceptors (Lipinski definition) is 3. The summed E-state index contributed by atoms with van der Waals surface area (Å²) >= 11 is 0. The normalized spacial score (nSPS) is 10.8. The van der Waals surface area contributed by atoms with E-state index in [0.717, 1.165) is 11.1 Å². The summed E-state index contributed by atoms with van der Waals surface area (Å²) in [6, 6.07) is 14.9. The lowest BCUT2D eigenvalue weighted by atomic mass is 10.1. The molecule has 3 aromatic rings. The van der Waals surface area contributed by atoms with E-state index in [1.165, 1.54) is 0 Å². The largest absolute Gasteiger partial charge is 0.392 e. The number of aliphatic hydroxyl groups is 1. The van der Waals surface area contributed by atoms with E-state index in [0.29, 0.717) is 17.4 Å². The van der Waals surface area contributed by atoms with Crippen LogP contribution < -0.4 is 5.56 Å². The second-order valence-electron chi connectivity index (χ2n) is 4.67. The number of aliphatic hydroxyl groups excluding tert-OH is 1. The van der Waals surface area contributed by atoms with Crippen LogP contribution in [0.4, 0.5) is 0 Å². The molecule has 0 amide bonds. The minimum absolute atomic E-state index is 0.0256. The molecule has 3 rings (SSSR count). The fourth-order valence-corrected chi connectivity index (χ4v) is 2.17. The van der Waals surface area contributed by atoms with Gasteiger partial charge in [-0.2, -0.15) is 0 Å². The van der Waals surface area contributed by atoms with Crippen LogP contribution in [0.5, 0.6) is 0 Å². The van der Waals surface area contributed by atoms with E-state index < -0.39 is 0 Å². The predicted molar refractivity (Wildman–Crippen MR) is 77.5 cm³/mol. The lowest BCUT2D eigenvalue weighted by molar-refractivity contribution is 0.282. The van der Waals surface area contributed by atoms with Crippen molar-refractivity contribution in [2.75, 3.05) is 0 Å². The molecule has 0 fully saturated rings. The SMILES string of the molecule is O=c1c2ccccc2ncn1Cc1ccc(CO)cc1. The number of benzene rings is 2. The molecule has 2 aromatic carbocycles. The molecule has 0 spiro atoms. The third-order valence-electron chi connectivity index (χ3n) is 3.29. The molecular formula is C16H14N2O2. The molecule has 0 atom stereocenters. The number of para-hydroxylation sites is 1. The summed E-state index contributed by atoms with van der Waals surface area (Å²) in [5, 5.41) is 9.64. The second-order valence-corrected chi connectivity index (χ2v) is 4.67. The van der Waals surface area contributed by atoms with E-state index >= 15 is 0 Å². The average Bonchev–Trinajstić information content (AvgIpc) is 2.51. The smallest absolute Gasteiger partial charge is 0.261 e. The quantitative estimate of drug-likeness (QED) is 0.788. The first-order chi connectivity index (χ1) is 9.78. The highest BCUT2D eigenvalue weighted by Gasteiger charge is 2.04. The highest BCUT2D eigenvalue weighted by molar-refractivity contribution is 5.76. The second kappa shape index (κ2) is 5.27. The van der Waals surface area contributed by atoms with Crippen molar-refractivity contribution in [2.24, 2.45) is 0 Å². The Morgan fingerprint density at radius 3 is 2.45 bits per heavy atom. The maximum atomic E-state index is 12.3. The first-order valence-corrected chi connectivity index (χ1v) is 6.41. The molecule has 4 nitrogen and oxygen atoms in total. The molecule has 1 heterocycles. The van der Waals surface area contributed by atoms with Gasteiger partial charge in [0.25, 0.3) is 5.56 Å². The molecule has 0 saturated heterocycles. The minimum Gasteiger partial charge on any atom is -0.392 e. The zero-order valence-electron chi connectivity index (χ0n) is 10.9. The molecule has 0 aliphatic carbocycles. The van der Waals surface area contributed by atoms with Gasteiger partial charge in [-0.1, -0.05) is 36.4 Å². The van der Waals surface area contributed by atoms with E-state index in [-0.39, 0.29) is 12.2 Å². The fourth-order valence-electron chi connectivity index (χ4n) is 2.17. The number of aromatic nitrogens is 2. The van der Waals surface area contributed by atoms with Crippen molar-refractivity contribution in [3.63, 3.8) is 0 Å². The van der Waals surface area contributed by atoms with Crippen molar-refractivity contribution >= 4 is 10.9 Å². The van der Waals surface area contributed by atoms with Crippen LogP contribution in [0, 0.1) is 0 Å². The molecule has 20 heavy (non-hydrogen) atoms. The van der Waals surface area contributed by atoms with Crippen LogP contribution in [0.3, 0.4) is 0 Å². The van der Waals surface area contributed by atoms with Gasteiger partial charge >= 0.3 is 0 Å². The van der Waals surface area contributed by atoms with E-state index in [1.54, 1.807) is 17.0 Å². The molecule has 0 saturated carbocycles. The van der Waals surface area contributed by atoms with Gasteiger partial charge in [0.2, 0.25) is 0 Å². The van der Waals surface area contributed by atoms with Crippen LogP contribution in [0.2, 0.25) is 0 Å². The molecule has 100 valence electrons. The summed E-state index contributed by atoms with van der Waals surface area (Å²) in [4.78, 5) is 16.6. The van der Waals surface area contributed by atoms with Gasteiger partial charge in [0.15, 0.2) is 0 Å². The molecule has 0 bridgehead atoms. The van der Waals surface area contributed by atoms with Crippen molar-refractivity contribution in [3.8, 4) is 0 Å². The van der Waals surface area contributed by atoms with Gasteiger partial charge in [-0.25, -0.2) is 4.98 Å². The van der Waals surface area contributed by atoms with E-state index in [9.17, 15) is 4.79 Å². The van der Waals surface area contributed by atoms with Gasteiger partial charge in [0, 0.05) is 0 Å². The zero-order valence-corrected chi connectivity index (χ0v) is 10.9. The summed E-state index contributed by atoms with van der Waals surface area (Å²) in [6.45, 7) is 0.500. The molecule has 0 unspecified atom stereocenters. The van der Waals surface area contributed by atoms with Gasteiger partial charge < -0.3 is 5.11 Å². The Labute approximate surface area is 116 Å². The highest BCUT2D eigenvalue weighted by Crippen LogP contribution is 2.08. The van der Waals surface area contributed by atoms with Crippen LogP contribution in [-0.4, -0.2) is 14.7 Å². The number of fused-ring (bicyclic) bond motifs is 1. The molecular weight excluding hydrogens is 252 g/mol. The topological polar surface area (TPSA) is 55.1 Å². The van der Waals surface area contributed by atoms with E-state index in [4.69, 9.17) is 5.11 Å². The first-order valence-electron chi connectivity index (χ1n) is 6.41. The molecule has 4 heteroatoms. The lowest BCUT2D eigenvalue weighted by Crippen LogP contribution is -2.21. The molecule has 1 N–H and O–H groups in total. The van der Waals surface area contributed by atoms with Crippen LogP contribution in [0.25, 0.3) is 10.9 Å². The van der Waals surface area contributed by atoms with Gasteiger partial charge in [-0.15, -0.1) is 0 Å². The van der Waals surface area contributed by atoms with Crippen molar-refractivity contribution in [1.82, 2.24) is 9.55 Å². The monoisotopic (exact) mass is 266 g/mol. The van der Waals surface area contributed by atoms with Gasteiger partial charge in [-0.3, -0.25) is 9.36 Å². The third kappa shape index (κ3) is 2.33. The Morgan fingerprint density at radius 2 is 1.70 bits per heavy atom. The number of rotatable bonds is 3. The Bertz CT molecular complexity index is 791. The summed E-state index contributed by atoms with van der Waals surface area (Å²) in [6.07, 6.45) is 1.57. The Morgan fingerprint density at radius 1 is 1.00 bits per heavy atom. The standard InChI is InChI=1S/C16H14N2O2/c19-10-13-7-5-12(6-8-13)9-18-11-17-15-4-2-1-3-14(15)16(18)20/h1-8,11,19H,9-10H2. The first kappa shape index (κ1) is 12.6. The van der Waals surface area contributed by atoms with Gasteiger partial charge in [-0.05, 0) is 23.3 Å². The Hall–Kier alpha value is -2.46. The molecule has 0 aliphatic rings. The lowest BCUT2D eigenvalue weighted by Gasteiger charge is -2.07. The fraction of sp³-hybridized carbons (Fsp3) is 0.125. The van der Waals surface area contributed by atoms with Gasteiger partial charge in [0.1, 0.15) is 0 Å². The van der Waals surface area contributed by atoms with Crippen LogP contribution in [-0.2, 0) is 13.2 Å². The maximum absolute atomic E-state index is 12.3. The molecule has 1 aromatic heterocycles. The van der Waals surface area contributed by atoms with Crippen molar-refractivity contribution in [1.29, 1.82) is 0 Å². The zero-order chi connectivity index (χ0) is 13.9. The molecule has 0 aliphatic heterocycles. The number of hydrogen-bond donors (Lipinski definition) is 1. The summed E-state index contributed by atoms with van der Waals surface area (Å²) in [7, 11) is 0. The van der Waals surface area contributed by atoms with Crippen molar-refractivity contribution < 1.29 is 5.11 Å². The summed E-state index contributed by atoms with van der Waals surface area (Å²) in [5.41, 5.74) is 2.53. The average molecular weight is 266 g/mol. The van der Waals surface area contributed by atoms with Crippen LogP contribution in [0.1, 0.15) is 11.1 Å². The Balaban J connectivity index is 1.98. The van der Waals surface area contributed by atoms with Crippen LogP contribution in [0.15, 0.2) is 59.7 Å². The maximum Gasteiger partial charge on any atom is 0.261 e. The Kier molecular flexibility index (Phi) is 3.31. The van der Waals surface area contributed by atoms with E-state index in [1.807, 2.05) is 42.5 Å². The highest BCUT2D eigenvalue weighted by atomic mass is 16.3. The summed E-state index contributed by atoms with van der Waals surface area (Å²) < 4.78 is 1.59. The van der Waals surface area contributed by atoms with E-state index in [2.05, 4.69) is 4.98 Å².